The third-order valence-electron chi connectivity index (χ3n) is 2.74. The second-order valence-electron chi connectivity index (χ2n) is 4.27. The molecule has 0 aromatic heterocycles. The van der Waals surface area contributed by atoms with Crippen molar-refractivity contribution in [2.45, 2.75) is 19.4 Å². The fourth-order valence-corrected chi connectivity index (χ4v) is 5.08. The molecular formula is C9H18N2O5S2. The fourth-order valence-electron chi connectivity index (χ4n) is 1.79. The summed E-state index contributed by atoms with van der Waals surface area (Å²) in [6, 6.07) is -0.733. The van der Waals surface area contributed by atoms with E-state index < -0.39 is 37.4 Å². The van der Waals surface area contributed by atoms with Gasteiger partial charge in [-0.1, -0.05) is 6.92 Å². The maximum atomic E-state index is 12.0. The Bertz CT molecular complexity index is 511. The van der Waals surface area contributed by atoms with Crippen LogP contribution in [0.4, 0.5) is 0 Å². The molecule has 1 atom stereocenters. The van der Waals surface area contributed by atoms with E-state index in [1.54, 1.807) is 6.92 Å². The molecule has 7 nitrogen and oxygen atoms in total. The summed E-state index contributed by atoms with van der Waals surface area (Å²) in [6.07, 6.45) is 1.35. The average molecular weight is 298 g/mol. The molecule has 18 heavy (non-hydrogen) atoms. The zero-order valence-corrected chi connectivity index (χ0v) is 12.1. The van der Waals surface area contributed by atoms with E-state index in [4.69, 9.17) is 0 Å². The van der Waals surface area contributed by atoms with E-state index in [1.807, 2.05) is 0 Å². The average Bonchev–Trinajstić information content (AvgIpc) is 2.25. The van der Waals surface area contributed by atoms with Gasteiger partial charge in [-0.3, -0.25) is 4.79 Å². The zero-order chi connectivity index (χ0) is 14.0. The van der Waals surface area contributed by atoms with Crippen molar-refractivity contribution >= 4 is 25.8 Å². The summed E-state index contributed by atoms with van der Waals surface area (Å²) in [5.41, 5.74) is 0. The van der Waals surface area contributed by atoms with Crippen molar-refractivity contribution in [1.82, 2.24) is 9.62 Å². The first-order chi connectivity index (χ1) is 8.17. The lowest BCUT2D eigenvalue weighted by Gasteiger charge is -2.33. The van der Waals surface area contributed by atoms with Gasteiger partial charge in [0.2, 0.25) is 15.9 Å². The van der Waals surface area contributed by atoms with Crippen LogP contribution in [0.1, 0.15) is 13.3 Å². The van der Waals surface area contributed by atoms with Crippen LogP contribution in [-0.4, -0.2) is 63.9 Å². The molecule has 1 N–H and O–H groups in total. The summed E-state index contributed by atoms with van der Waals surface area (Å²) in [5, 5.41) is 2.59. The topological polar surface area (TPSA) is 101 Å². The first-order valence-corrected chi connectivity index (χ1v) is 9.29. The molecule has 9 heteroatoms. The Hall–Kier alpha value is -0.670. The molecule has 0 spiro atoms. The lowest BCUT2D eigenvalue weighted by Crippen LogP contribution is -2.57. The van der Waals surface area contributed by atoms with Gasteiger partial charge >= 0.3 is 0 Å². The second kappa shape index (κ2) is 5.54. The van der Waals surface area contributed by atoms with Crippen molar-refractivity contribution in [2.75, 3.05) is 30.9 Å². The maximum Gasteiger partial charge on any atom is 0.238 e. The van der Waals surface area contributed by atoms with Crippen LogP contribution in [0.5, 0.6) is 0 Å². The molecule has 0 saturated carbocycles. The molecule has 0 bridgehead atoms. The molecule has 0 aliphatic carbocycles. The van der Waals surface area contributed by atoms with E-state index in [9.17, 15) is 21.6 Å². The molecule has 1 rings (SSSR count). The Morgan fingerprint density at radius 2 is 1.89 bits per heavy atom. The van der Waals surface area contributed by atoms with E-state index in [1.165, 1.54) is 0 Å². The highest BCUT2D eigenvalue weighted by Gasteiger charge is 2.36. The minimum Gasteiger partial charge on any atom is -0.353 e. The first kappa shape index (κ1) is 15.4. The number of amides is 1. The monoisotopic (exact) mass is 298 g/mol. The van der Waals surface area contributed by atoms with Crippen molar-refractivity contribution in [3.05, 3.63) is 0 Å². The molecule has 0 aromatic carbocycles. The molecule has 0 radical (unpaired) electrons. The summed E-state index contributed by atoms with van der Waals surface area (Å²) < 4.78 is 47.2. The third kappa shape index (κ3) is 3.92. The van der Waals surface area contributed by atoms with Gasteiger partial charge in [-0.25, -0.2) is 16.8 Å². The van der Waals surface area contributed by atoms with Gasteiger partial charge in [-0.15, -0.1) is 0 Å². The molecular weight excluding hydrogens is 280 g/mol. The van der Waals surface area contributed by atoms with E-state index >= 15 is 0 Å². The number of nitrogens with one attached hydrogen (secondary N) is 1. The third-order valence-corrected chi connectivity index (χ3v) is 5.81. The number of rotatable bonds is 5. The van der Waals surface area contributed by atoms with Crippen LogP contribution in [0, 0.1) is 0 Å². The summed E-state index contributed by atoms with van der Waals surface area (Å²) in [6.45, 7) is 2.17. The van der Waals surface area contributed by atoms with Crippen LogP contribution in [-0.2, 0) is 24.7 Å². The first-order valence-electron chi connectivity index (χ1n) is 5.62. The number of hydrogen-bond donors (Lipinski definition) is 1. The van der Waals surface area contributed by atoms with Crippen molar-refractivity contribution in [2.24, 2.45) is 0 Å². The molecule has 1 aliphatic heterocycles. The Balaban J connectivity index is 2.86. The molecule has 1 fully saturated rings. The van der Waals surface area contributed by atoms with Crippen molar-refractivity contribution in [1.29, 1.82) is 0 Å². The summed E-state index contributed by atoms with van der Waals surface area (Å²) >= 11 is 0. The predicted octanol–water partition coefficient (Wildman–Crippen LogP) is -1.43. The van der Waals surface area contributed by atoms with Gasteiger partial charge in [0.25, 0.3) is 0 Å². The van der Waals surface area contributed by atoms with Gasteiger partial charge < -0.3 is 5.32 Å². The Labute approximate surface area is 108 Å². The van der Waals surface area contributed by atoms with Crippen molar-refractivity contribution in [3.8, 4) is 0 Å². The van der Waals surface area contributed by atoms with Crippen LogP contribution in [0.3, 0.4) is 0 Å². The molecule has 1 amide bonds. The van der Waals surface area contributed by atoms with Crippen LogP contribution in [0.25, 0.3) is 0 Å². The number of hydrogen-bond acceptors (Lipinski definition) is 5. The summed E-state index contributed by atoms with van der Waals surface area (Å²) in [7, 11) is -7.06. The number of sulfonamides is 1. The molecule has 1 aliphatic rings. The molecule has 0 aromatic rings. The van der Waals surface area contributed by atoms with Crippen molar-refractivity contribution < 1.29 is 21.6 Å². The smallest absolute Gasteiger partial charge is 0.238 e. The van der Waals surface area contributed by atoms with Gasteiger partial charge in [-0.2, -0.15) is 4.31 Å². The number of carbonyl (C=O) groups excluding carboxylic acids is 1. The number of nitrogens with zero attached hydrogens (tertiary/aromatic N) is 1. The zero-order valence-electron chi connectivity index (χ0n) is 10.4. The minimum absolute atomic E-state index is 0.191. The van der Waals surface area contributed by atoms with E-state index in [2.05, 4.69) is 5.32 Å². The van der Waals surface area contributed by atoms with E-state index in [0.717, 1.165) is 10.6 Å². The van der Waals surface area contributed by atoms with Crippen molar-refractivity contribution in [3.63, 3.8) is 0 Å². The Kier molecular flexibility index (Phi) is 4.73. The second-order valence-corrected chi connectivity index (χ2v) is 8.57. The molecule has 1 heterocycles. The Morgan fingerprint density at radius 1 is 1.28 bits per heavy atom. The molecule has 106 valence electrons. The maximum absolute atomic E-state index is 12.0. The van der Waals surface area contributed by atoms with Gasteiger partial charge in [0.1, 0.15) is 15.9 Å². The highest BCUT2D eigenvalue weighted by molar-refractivity contribution is 7.93. The van der Waals surface area contributed by atoms with Gasteiger partial charge in [0.15, 0.2) is 0 Å². The van der Waals surface area contributed by atoms with Gasteiger partial charge in [0, 0.05) is 19.3 Å². The quantitative estimate of drug-likeness (QED) is 0.671. The SMILES string of the molecule is CCC1C(=O)NCCN1S(=O)(=O)CCS(C)(=O)=O. The normalized spacial score (nSPS) is 22.8. The fraction of sp³-hybridized carbons (Fsp3) is 0.889. The minimum atomic E-state index is -3.72. The van der Waals surface area contributed by atoms with Crippen LogP contribution in [0.15, 0.2) is 0 Å². The number of sulfone groups is 1. The molecule has 1 saturated heterocycles. The largest absolute Gasteiger partial charge is 0.353 e. The van der Waals surface area contributed by atoms with Crippen LogP contribution in [0.2, 0.25) is 0 Å². The summed E-state index contributed by atoms with van der Waals surface area (Å²) in [5.74, 6) is -1.23. The van der Waals surface area contributed by atoms with Crippen LogP contribution >= 0.6 is 0 Å². The summed E-state index contributed by atoms with van der Waals surface area (Å²) in [4.78, 5) is 11.5. The van der Waals surface area contributed by atoms with Gasteiger partial charge in [-0.05, 0) is 6.42 Å². The molecule has 1 unspecified atom stereocenters. The highest BCUT2D eigenvalue weighted by atomic mass is 32.2. The number of carbonyl (C=O) groups is 1. The predicted molar refractivity (Wildman–Crippen MR) is 67.3 cm³/mol. The number of piperazine rings is 1. The van der Waals surface area contributed by atoms with Crippen LogP contribution < -0.4 is 5.32 Å². The standard InChI is InChI=1S/C9H18N2O5S2/c1-3-8-9(12)10-4-5-11(8)18(15,16)7-6-17(2,13)14/h8H,3-7H2,1-2H3,(H,10,12). The van der Waals surface area contributed by atoms with Gasteiger partial charge in [0.05, 0.1) is 11.5 Å². The Morgan fingerprint density at radius 3 is 2.39 bits per heavy atom. The lowest BCUT2D eigenvalue weighted by molar-refractivity contribution is -0.126. The lowest BCUT2D eigenvalue weighted by atomic mass is 10.2. The van der Waals surface area contributed by atoms with E-state index in [-0.39, 0.29) is 19.0 Å². The highest BCUT2D eigenvalue weighted by Crippen LogP contribution is 2.14. The van der Waals surface area contributed by atoms with E-state index in [0.29, 0.717) is 6.42 Å².